The molecule has 9 nitrogen and oxygen atoms in total. The van der Waals surface area contributed by atoms with E-state index in [2.05, 4.69) is 26.1 Å². The largest absolute Gasteiger partial charge is 0.507 e. The maximum atomic E-state index is 11.1. The highest BCUT2D eigenvalue weighted by Gasteiger charge is 2.15. The predicted octanol–water partition coefficient (Wildman–Crippen LogP) is 1.84. The van der Waals surface area contributed by atoms with E-state index in [1.807, 2.05) is 37.3 Å². The van der Waals surface area contributed by atoms with E-state index in [1.54, 1.807) is 22.9 Å². The van der Waals surface area contributed by atoms with E-state index < -0.39 is 6.03 Å². The van der Waals surface area contributed by atoms with Gasteiger partial charge in [0.2, 0.25) is 5.16 Å². The molecule has 0 saturated carbocycles. The molecule has 1 aromatic heterocycles. The number of thioether (sulfide) groups is 1. The van der Waals surface area contributed by atoms with Crippen molar-refractivity contribution in [1.29, 1.82) is 0 Å². The van der Waals surface area contributed by atoms with Crippen LogP contribution in [0.4, 0.5) is 4.79 Å². The van der Waals surface area contributed by atoms with Crippen molar-refractivity contribution in [3.05, 3.63) is 59.7 Å². The van der Waals surface area contributed by atoms with Crippen LogP contribution in [0.1, 0.15) is 11.1 Å². The smallest absolute Gasteiger partial charge is 0.332 e. The zero-order chi connectivity index (χ0) is 19.2. The molecule has 10 heteroatoms. The van der Waals surface area contributed by atoms with Crippen molar-refractivity contribution in [3.8, 4) is 11.4 Å². The highest BCUT2D eigenvalue weighted by molar-refractivity contribution is 7.99. The number of carbonyl (C=O) groups excluding carboxylic acids is 1. The number of carbonyl (C=O) groups is 1. The Hall–Kier alpha value is -3.40. The van der Waals surface area contributed by atoms with Gasteiger partial charge < -0.3 is 10.8 Å². The molecular weight excluding hydrogens is 366 g/mol. The number of nitrogens with two attached hydrogens (primary N) is 1. The average Bonchev–Trinajstić information content (AvgIpc) is 3.13. The lowest BCUT2D eigenvalue weighted by Gasteiger charge is -2.10. The number of benzene rings is 2. The fourth-order valence-corrected chi connectivity index (χ4v) is 3.15. The van der Waals surface area contributed by atoms with Crippen LogP contribution in [0.2, 0.25) is 0 Å². The normalized spacial score (nSPS) is 11.4. The first-order valence-corrected chi connectivity index (χ1v) is 8.92. The second kappa shape index (κ2) is 8.32. The molecule has 3 rings (SSSR count). The van der Waals surface area contributed by atoms with E-state index in [9.17, 15) is 9.90 Å². The molecule has 0 saturated heterocycles. The third kappa shape index (κ3) is 4.61. The van der Waals surface area contributed by atoms with E-state index in [1.165, 1.54) is 11.8 Å². The molecule has 138 valence electrons. The Kier molecular flexibility index (Phi) is 5.67. The number of nitrogens with one attached hydrogen (secondary N) is 1. The summed E-state index contributed by atoms with van der Waals surface area (Å²) in [7, 11) is 0. The average molecular weight is 383 g/mol. The minimum atomic E-state index is -0.793. The molecule has 0 unspecified atom stereocenters. The molecule has 27 heavy (non-hydrogen) atoms. The number of urea groups is 1. The lowest BCUT2D eigenvalue weighted by atomic mass is 10.1. The number of phenolic OH excluding ortho intramolecular Hbond substituents is 1. The quantitative estimate of drug-likeness (QED) is 0.338. The number of phenols is 1. The standard InChI is InChI=1S/C17H17N7O2S/c1-11-7-8-15(25)13(9-11)14(19-20-16(18)26)10-27-17-21-22-23-24(17)12-5-3-2-4-6-12/h2-9,25H,10H2,1H3,(H3,18,20,26)/b19-14+. The summed E-state index contributed by atoms with van der Waals surface area (Å²) in [5, 5.41) is 26.5. The van der Waals surface area contributed by atoms with Gasteiger partial charge in [0.1, 0.15) is 5.75 Å². The van der Waals surface area contributed by atoms with E-state index in [-0.39, 0.29) is 5.75 Å². The molecule has 0 aliphatic rings. The monoisotopic (exact) mass is 383 g/mol. The number of hydrazone groups is 1. The minimum Gasteiger partial charge on any atom is -0.507 e. The number of hydrogen-bond donors (Lipinski definition) is 3. The molecule has 0 spiro atoms. The van der Waals surface area contributed by atoms with Crippen LogP contribution in [0.15, 0.2) is 58.8 Å². The topological polar surface area (TPSA) is 131 Å². The minimum absolute atomic E-state index is 0.0499. The molecule has 3 aromatic rings. The molecule has 0 fully saturated rings. The number of rotatable bonds is 6. The zero-order valence-electron chi connectivity index (χ0n) is 14.4. The second-order valence-electron chi connectivity index (χ2n) is 5.55. The Balaban J connectivity index is 1.86. The maximum absolute atomic E-state index is 11.1. The van der Waals surface area contributed by atoms with Gasteiger partial charge in [-0.2, -0.15) is 9.78 Å². The molecular formula is C17H17N7O2S. The Morgan fingerprint density at radius 1 is 1.30 bits per heavy atom. The summed E-state index contributed by atoms with van der Waals surface area (Å²) in [6.07, 6.45) is 0. The van der Waals surface area contributed by atoms with Crippen molar-refractivity contribution < 1.29 is 9.90 Å². The zero-order valence-corrected chi connectivity index (χ0v) is 15.2. The van der Waals surface area contributed by atoms with Gasteiger partial charge in [-0.1, -0.05) is 41.6 Å². The number of nitrogens with zero attached hydrogens (tertiary/aromatic N) is 5. The fourth-order valence-electron chi connectivity index (χ4n) is 2.31. The van der Waals surface area contributed by atoms with E-state index in [0.29, 0.717) is 22.2 Å². The van der Waals surface area contributed by atoms with Crippen molar-refractivity contribution in [2.45, 2.75) is 12.1 Å². The van der Waals surface area contributed by atoms with Crippen LogP contribution in [-0.2, 0) is 0 Å². The summed E-state index contributed by atoms with van der Waals surface area (Å²) in [6.45, 7) is 1.89. The molecule has 2 aromatic carbocycles. The number of aromatic nitrogens is 4. The number of primary amides is 1. The van der Waals surface area contributed by atoms with Gasteiger partial charge in [-0.05, 0) is 41.6 Å². The van der Waals surface area contributed by atoms with Crippen molar-refractivity contribution >= 4 is 23.5 Å². The lowest BCUT2D eigenvalue weighted by Crippen LogP contribution is -2.26. The molecule has 0 radical (unpaired) electrons. The molecule has 0 atom stereocenters. The molecule has 2 amide bonds. The maximum Gasteiger partial charge on any atom is 0.332 e. The van der Waals surface area contributed by atoms with Gasteiger partial charge in [-0.3, -0.25) is 0 Å². The van der Waals surface area contributed by atoms with Crippen molar-refractivity contribution in [1.82, 2.24) is 25.6 Å². The summed E-state index contributed by atoms with van der Waals surface area (Å²) >= 11 is 1.31. The van der Waals surface area contributed by atoms with Crippen LogP contribution in [0.5, 0.6) is 5.75 Å². The third-order valence-electron chi connectivity index (χ3n) is 3.54. The van der Waals surface area contributed by atoms with Gasteiger partial charge in [0.15, 0.2) is 0 Å². The van der Waals surface area contributed by atoms with Crippen LogP contribution < -0.4 is 11.2 Å². The summed E-state index contributed by atoms with van der Waals surface area (Å²) in [5.74, 6) is 0.346. The number of hydrogen-bond acceptors (Lipinski definition) is 7. The highest BCUT2D eigenvalue weighted by Crippen LogP contribution is 2.24. The molecule has 1 heterocycles. The number of aryl methyl sites for hydroxylation is 1. The Morgan fingerprint density at radius 3 is 2.81 bits per heavy atom. The highest BCUT2D eigenvalue weighted by atomic mass is 32.2. The Labute approximate surface area is 159 Å². The van der Waals surface area contributed by atoms with Crippen molar-refractivity contribution in [2.75, 3.05) is 5.75 Å². The SMILES string of the molecule is Cc1ccc(O)c(/C(CSc2nnnn2-c2ccccc2)=N/NC(N)=O)c1. The van der Waals surface area contributed by atoms with Crippen LogP contribution in [0.25, 0.3) is 5.69 Å². The van der Waals surface area contributed by atoms with Crippen molar-refractivity contribution in [3.63, 3.8) is 0 Å². The van der Waals surface area contributed by atoms with E-state index >= 15 is 0 Å². The number of tetrazole rings is 1. The second-order valence-corrected chi connectivity index (χ2v) is 6.50. The van der Waals surface area contributed by atoms with Crippen LogP contribution in [0, 0.1) is 6.92 Å². The summed E-state index contributed by atoms with van der Waals surface area (Å²) in [5.41, 5.74) is 10.0. The lowest BCUT2D eigenvalue weighted by molar-refractivity contribution is 0.249. The van der Waals surface area contributed by atoms with Gasteiger partial charge in [-0.15, -0.1) is 5.10 Å². The van der Waals surface area contributed by atoms with E-state index in [4.69, 9.17) is 5.73 Å². The van der Waals surface area contributed by atoms with Crippen molar-refractivity contribution in [2.24, 2.45) is 10.8 Å². The number of para-hydroxylation sites is 1. The van der Waals surface area contributed by atoms with Gasteiger partial charge in [-0.25, -0.2) is 10.2 Å². The predicted molar refractivity (Wildman–Crippen MR) is 102 cm³/mol. The third-order valence-corrected chi connectivity index (χ3v) is 4.47. The Bertz CT molecular complexity index is 972. The fraction of sp³-hybridized carbons (Fsp3) is 0.118. The van der Waals surface area contributed by atoms with Gasteiger partial charge in [0.05, 0.1) is 11.4 Å². The first-order valence-electron chi connectivity index (χ1n) is 7.93. The number of aromatic hydroxyl groups is 1. The summed E-state index contributed by atoms with van der Waals surface area (Å²) in [4.78, 5) is 11.1. The Morgan fingerprint density at radius 2 is 2.07 bits per heavy atom. The molecule has 0 aliphatic carbocycles. The number of amides is 2. The summed E-state index contributed by atoms with van der Waals surface area (Å²) in [6, 6.07) is 13.8. The first kappa shape index (κ1) is 18.4. The van der Waals surface area contributed by atoms with Gasteiger partial charge in [0.25, 0.3) is 0 Å². The molecule has 4 N–H and O–H groups in total. The van der Waals surface area contributed by atoms with Gasteiger partial charge >= 0.3 is 6.03 Å². The van der Waals surface area contributed by atoms with Crippen LogP contribution >= 0.6 is 11.8 Å². The van der Waals surface area contributed by atoms with Crippen LogP contribution in [0.3, 0.4) is 0 Å². The molecule has 0 bridgehead atoms. The summed E-state index contributed by atoms with van der Waals surface area (Å²) < 4.78 is 1.60. The first-order chi connectivity index (χ1) is 13.0. The molecule has 0 aliphatic heterocycles. The van der Waals surface area contributed by atoms with Crippen LogP contribution in [-0.4, -0.2) is 42.8 Å². The van der Waals surface area contributed by atoms with E-state index in [0.717, 1.165) is 11.3 Å². The van der Waals surface area contributed by atoms with Gasteiger partial charge in [0, 0.05) is 11.3 Å².